The van der Waals surface area contributed by atoms with Crippen molar-refractivity contribution in [1.82, 2.24) is 5.32 Å². The van der Waals surface area contributed by atoms with Crippen LogP contribution >= 0.6 is 11.6 Å². The lowest BCUT2D eigenvalue weighted by molar-refractivity contribution is 0.0944. The van der Waals surface area contributed by atoms with Crippen molar-refractivity contribution in [2.45, 2.75) is 19.3 Å². The van der Waals surface area contributed by atoms with E-state index in [9.17, 15) is 9.18 Å². The summed E-state index contributed by atoms with van der Waals surface area (Å²) in [4.78, 5) is 12.0. The normalized spacial score (nSPS) is 21.8. The van der Waals surface area contributed by atoms with E-state index in [1.54, 1.807) is 6.07 Å². The van der Waals surface area contributed by atoms with Crippen LogP contribution in [0.1, 0.15) is 29.6 Å². The van der Waals surface area contributed by atoms with Gasteiger partial charge in [-0.1, -0.05) is 6.42 Å². The van der Waals surface area contributed by atoms with Gasteiger partial charge in [0.15, 0.2) is 11.6 Å². The van der Waals surface area contributed by atoms with Crippen molar-refractivity contribution in [3.05, 3.63) is 29.6 Å². The first kappa shape index (κ1) is 15.1. The molecule has 1 aliphatic rings. The molecule has 1 amide bonds. The Bertz CT molecular complexity index is 481. The molecule has 5 heteroatoms. The number of nitrogens with one attached hydrogen (secondary N) is 1. The van der Waals surface area contributed by atoms with Crippen LogP contribution in [-0.4, -0.2) is 25.4 Å². The quantitative estimate of drug-likeness (QED) is 0.848. The lowest BCUT2D eigenvalue weighted by atomic mass is 9.98. The Morgan fingerprint density at radius 1 is 1.45 bits per heavy atom. The van der Waals surface area contributed by atoms with Gasteiger partial charge >= 0.3 is 0 Å². The second-order valence-electron chi connectivity index (χ2n) is 5.16. The van der Waals surface area contributed by atoms with Gasteiger partial charge in [0.25, 0.3) is 5.91 Å². The van der Waals surface area contributed by atoms with Gasteiger partial charge in [-0.3, -0.25) is 4.79 Å². The maximum atomic E-state index is 13.5. The Morgan fingerprint density at radius 3 is 2.85 bits per heavy atom. The summed E-state index contributed by atoms with van der Waals surface area (Å²) in [5.41, 5.74) is 0.309. The predicted octanol–water partition coefficient (Wildman–Crippen LogP) is 3.22. The highest BCUT2D eigenvalue weighted by atomic mass is 35.5. The Labute approximate surface area is 123 Å². The fraction of sp³-hybridized carbons (Fsp3) is 0.533. The second kappa shape index (κ2) is 6.93. The van der Waals surface area contributed by atoms with E-state index in [0.717, 1.165) is 19.3 Å². The van der Waals surface area contributed by atoms with E-state index in [2.05, 4.69) is 5.32 Å². The van der Waals surface area contributed by atoms with Gasteiger partial charge in [-0.25, -0.2) is 4.39 Å². The van der Waals surface area contributed by atoms with Crippen LogP contribution in [0, 0.1) is 17.7 Å². The molecule has 1 aliphatic carbocycles. The van der Waals surface area contributed by atoms with Crippen LogP contribution < -0.4 is 10.1 Å². The smallest absolute Gasteiger partial charge is 0.251 e. The van der Waals surface area contributed by atoms with E-state index in [-0.39, 0.29) is 11.7 Å². The molecule has 0 aromatic heterocycles. The van der Waals surface area contributed by atoms with Gasteiger partial charge < -0.3 is 10.1 Å². The summed E-state index contributed by atoms with van der Waals surface area (Å²) in [5.74, 6) is 0.896. The highest BCUT2D eigenvalue weighted by Crippen LogP contribution is 2.32. The lowest BCUT2D eigenvalue weighted by Gasteiger charge is -2.17. The maximum absolute atomic E-state index is 13.5. The van der Waals surface area contributed by atoms with Crippen LogP contribution in [0.15, 0.2) is 18.2 Å². The molecule has 2 atom stereocenters. The van der Waals surface area contributed by atoms with E-state index in [0.29, 0.717) is 29.8 Å². The molecule has 1 fully saturated rings. The van der Waals surface area contributed by atoms with Gasteiger partial charge in [0.05, 0.1) is 7.11 Å². The number of carbonyl (C=O) groups excluding carboxylic acids is 1. The first-order chi connectivity index (χ1) is 9.65. The Balaban J connectivity index is 1.93. The summed E-state index contributed by atoms with van der Waals surface area (Å²) in [6, 6.07) is 4.22. The average molecular weight is 300 g/mol. The predicted molar refractivity (Wildman–Crippen MR) is 76.8 cm³/mol. The highest BCUT2D eigenvalue weighted by molar-refractivity contribution is 6.18. The number of halogens is 2. The van der Waals surface area contributed by atoms with Crippen LogP contribution in [0.4, 0.5) is 4.39 Å². The molecule has 3 nitrogen and oxygen atoms in total. The molecule has 110 valence electrons. The zero-order valence-electron chi connectivity index (χ0n) is 11.5. The van der Waals surface area contributed by atoms with Crippen LogP contribution in [0.3, 0.4) is 0 Å². The molecule has 0 heterocycles. The summed E-state index contributed by atoms with van der Waals surface area (Å²) >= 11 is 5.91. The number of hydrogen-bond donors (Lipinski definition) is 1. The standard InChI is InChI=1S/C15H19ClFNO2/c1-20-14-6-5-10(7-13(14)17)15(19)18-9-12-4-2-3-11(12)8-16/h5-7,11-12H,2-4,8-9H2,1H3,(H,18,19). The molecule has 0 spiro atoms. The Kier molecular flexibility index (Phi) is 5.24. The third kappa shape index (κ3) is 3.42. The molecule has 2 unspecified atom stereocenters. The first-order valence-corrected chi connectivity index (χ1v) is 7.37. The van der Waals surface area contributed by atoms with Gasteiger partial charge in [0.2, 0.25) is 0 Å². The first-order valence-electron chi connectivity index (χ1n) is 6.83. The van der Waals surface area contributed by atoms with Crippen molar-refractivity contribution < 1.29 is 13.9 Å². The minimum Gasteiger partial charge on any atom is -0.494 e. The molecular formula is C15H19ClFNO2. The summed E-state index contributed by atoms with van der Waals surface area (Å²) in [6.45, 7) is 0.601. The van der Waals surface area contributed by atoms with Crippen LogP contribution in [-0.2, 0) is 0 Å². The summed E-state index contributed by atoms with van der Waals surface area (Å²) in [7, 11) is 1.39. The molecule has 20 heavy (non-hydrogen) atoms. The van der Waals surface area contributed by atoms with Crippen molar-refractivity contribution in [3.8, 4) is 5.75 Å². The number of carbonyl (C=O) groups is 1. The Hall–Kier alpha value is -1.29. The zero-order valence-corrected chi connectivity index (χ0v) is 12.3. The van der Waals surface area contributed by atoms with E-state index < -0.39 is 5.82 Å². The molecule has 0 radical (unpaired) electrons. The van der Waals surface area contributed by atoms with E-state index in [1.807, 2.05) is 0 Å². The molecule has 0 aliphatic heterocycles. The maximum Gasteiger partial charge on any atom is 0.251 e. The molecule has 1 N–H and O–H groups in total. The molecule has 2 rings (SSSR count). The number of benzene rings is 1. The van der Waals surface area contributed by atoms with Crippen molar-refractivity contribution in [2.24, 2.45) is 11.8 Å². The molecule has 1 saturated carbocycles. The zero-order chi connectivity index (χ0) is 14.5. The van der Waals surface area contributed by atoms with Gasteiger partial charge in [-0.15, -0.1) is 11.6 Å². The van der Waals surface area contributed by atoms with E-state index in [1.165, 1.54) is 19.2 Å². The number of methoxy groups -OCH3 is 1. The summed E-state index contributed by atoms with van der Waals surface area (Å²) in [5, 5.41) is 2.86. The van der Waals surface area contributed by atoms with Crippen LogP contribution in [0.5, 0.6) is 5.75 Å². The SMILES string of the molecule is COc1ccc(C(=O)NCC2CCCC2CCl)cc1F. The fourth-order valence-electron chi connectivity index (χ4n) is 2.72. The van der Waals surface area contributed by atoms with Crippen molar-refractivity contribution in [3.63, 3.8) is 0 Å². The van der Waals surface area contributed by atoms with Gasteiger partial charge in [0, 0.05) is 18.0 Å². The van der Waals surface area contributed by atoms with Crippen molar-refractivity contribution in [2.75, 3.05) is 19.5 Å². The molecule has 0 bridgehead atoms. The van der Waals surface area contributed by atoms with E-state index in [4.69, 9.17) is 16.3 Å². The average Bonchev–Trinajstić information content (AvgIpc) is 2.92. The topological polar surface area (TPSA) is 38.3 Å². The van der Waals surface area contributed by atoms with Crippen molar-refractivity contribution >= 4 is 17.5 Å². The monoisotopic (exact) mass is 299 g/mol. The minimum atomic E-state index is -0.528. The molecule has 1 aromatic carbocycles. The van der Waals surface area contributed by atoms with Gasteiger partial charge in [0.1, 0.15) is 0 Å². The third-order valence-electron chi connectivity index (χ3n) is 3.95. The highest BCUT2D eigenvalue weighted by Gasteiger charge is 2.26. The minimum absolute atomic E-state index is 0.138. The van der Waals surface area contributed by atoms with Crippen LogP contribution in [0.25, 0.3) is 0 Å². The lowest BCUT2D eigenvalue weighted by Crippen LogP contribution is -2.31. The van der Waals surface area contributed by atoms with Gasteiger partial charge in [-0.05, 0) is 42.9 Å². The third-order valence-corrected chi connectivity index (χ3v) is 4.35. The molecule has 1 aromatic rings. The molecule has 0 saturated heterocycles. The van der Waals surface area contributed by atoms with E-state index >= 15 is 0 Å². The summed E-state index contributed by atoms with van der Waals surface area (Å²) < 4.78 is 18.4. The number of hydrogen-bond acceptors (Lipinski definition) is 2. The number of ether oxygens (including phenoxy) is 1. The Morgan fingerprint density at radius 2 is 2.20 bits per heavy atom. The van der Waals surface area contributed by atoms with Gasteiger partial charge in [-0.2, -0.15) is 0 Å². The fourth-order valence-corrected chi connectivity index (χ4v) is 3.13. The number of amides is 1. The molecular weight excluding hydrogens is 281 g/mol. The summed E-state index contributed by atoms with van der Waals surface area (Å²) in [6.07, 6.45) is 3.38. The number of rotatable bonds is 5. The number of alkyl halides is 1. The second-order valence-corrected chi connectivity index (χ2v) is 5.47. The van der Waals surface area contributed by atoms with Crippen LogP contribution in [0.2, 0.25) is 0 Å². The van der Waals surface area contributed by atoms with Crippen molar-refractivity contribution in [1.29, 1.82) is 0 Å². The largest absolute Gasteiger partial charge is 0.494 e.